The third-order valence-corrected chi connectivity index (χ3v) is 8.55. The number of aryl methyl sites for hydroxylation is 1. The van der Waals surface area contributed by atoms with Gasteiger partial charge >= 0.3 is 0 Å². The van der Waals surface area contributed by atoms with E-state index in [1.54, 1.807) is 23.9 Å². The van der Waals surface area contributed by atoms with E-state index in [2.05, 4.69) is 16.5 Å². The van der Waals surface area contributed by atoms with Gasteiger partial charge < -0.3 is 13.7 Å². The minimum absolute atomic E-state index is 0.265. The monoisotopic (exact) mass is 491 g/mol. The Morgan fingerprint density at radius 1 is 1.12 bits per heavy atom. The van der Waals surface area contributed by atoms with Crippen molar-refractivity contribution < 1.29 is 13.2 Å². The maximum atomic E-state index is 13.0. The summed E-state index contributed by atoms with van der Waals surface area (Å²) in [5.74, 6) is 0.640. The van der Waals surface area contributed by atoms with E-state index in [4.69, 9.17) is 21.3 Å². The number of benzene rings is 1. The lowest BCUT2D eigenvalue weighted by atomic mass is 10.3. The number of morpholine rings is 1. The van der Waals surface area contributed by atoms with E-state index in [-0.39, 0.29) is 4.90 Å². The van der Waals surface area contributed by atoms with Crippen molar-refractivity contribution in [3.63, 3.8) is 0 Å². The standard InChI is InChI=1S/C21H22ClN5O3S2/c1-2-27-19-5-4-17(32(28,29)26-7-9-30-10-8-26)11-18(19)24-21(27)31-14-16-13-25-12-15(22)3-6-20(25)23-16/h3-6,11-13H,2,7-10,14H2,1H3. The lowest BCUT2D eigenvalue weighted by Gasteiger charge is -2.26. The predicted octanol–water partition coefficient (Wildman–Crippen LogP) is 3.67. The highest BCUT2D eigenvalue weighted by atomic mass is 35.5. The second-order valence-corrected chi connectivity index (χ2v) is 10.8. The zero-order valence-corrected chi connectivity index (χ0v) is 19.8. The Morgan fingerprint density at radius 3 is 2.72 bits per heavy atom. The van der Waals surface area contributed by atoms with Gasteiger partial charge in [0.25, 0.3) is 0 Å². The molecule has 0 radical (unpaired) electrons. The number of hydrogen-bond acceptors (Lipinski definition) is 6. The lowest BCUT2D eigenvalue weighted by Crippen LogP contribution is -2.40. The van der Waals surface area contributed by atoms with E-state index in [1.807, 2.05) is 35.0 Å². The molecule has 3 aromatic heterocycles. The molecule has 0 atom stereocenters. The summed E-state index contributed by atoms with van der Waals surface area (Å²) >= 11 is 7.64. The molecule has 11 heteroatoms. The van der Waals surface area contributed by atoms with Gasteiger partial charge in [0.15, 0.2) is 5.16 Å². The van der Waals surface area contributed by atoms with Crippen LogP contribution in [0.3, 0.4) is 0 Å². The molecule has 0 saturated carbocycles. The molecule has 0 amide bonds. The SMILES string of the molecule is CCn1c(SCc2cn3cc(Cl)ccc3n2)nc2cc(S(=O)(=O)N3CCOCC3)ccc21. The maximum Gasteiger partial charge on any atom is 0.243 e. The Morgan fingerprint density at radius 2 is 1.94 bits per heavy atom. The van der Waals surface area contributed by atoms with Crippen LogP contribution >= 0.6 is 23.4 Å². The molecule has 0 aliphatic carbocycles. The van der Waals surface area contributed by atoms with Gasteiger partial charge in [-0.3, -0.25) is 0 Å². The van der Waals surface area contributed by atoms with E-state index in [0.29, 0.717) is 42.6 Å². The van der Waals surface area contributed by atoms with Crippen molar-refractivity contribution in [1.29, 1.82) is 0 Å². The molecular formula is C21H22ClN5O3S2. The quantitative estimate of drug-likeness (QED) is 0.383. The zero-order valence-electron chi connectivity index (χ0n) is 17.4. The number of fused-ring (bicyclic) bond motifs is 2. The second-order valence-electron chi connectivity index (χ2n) is 7.44. The van der Waals surface area contributed by atoms with Gasteiger partial charge in [-0.2, -0.15) is 4.31 Å². The van der Waals surface area contributed by atoms with Crippen LogP contribution < -0.4 is 0 Å². The van der Waals surface area contributed by atoms with Crippen molar-refractivity contribution in [3.05, 3.63) is 53.4 Å². The van der Waals surface area contributed by atoms with Crippen LogP contribution in [0.2, 0.25) is 5.02 Å². The first-order chi connectivity index (χ1) is 15.5. The van der Waals surface area contributed by atoms with Crippen LogP contribution in [-0.4, -0.2) is 58.0 Å². The summed E-state index contributed by atoms with van der Waals surface area (Å²) < 4.78 is 36.8. The van der Waals surface area contributed by atoms with Crippen LogP contribution in [-0.2, 0) is 27.1 Å². The molecule has 0 N–H and O–H groups in total. The van der Waals surface area contributed by atoms with Crippen LogP contribution in [0.15, 0.2) is 52.8 Å². The third kappa shape index (κ3) is 4.01. The Bertz CT molecular complexity index is 1390. The van der Waals surface area contributed by atoms with Crippen LogP contribution in [0, 0.1) is 0 Å². The molecule has 1 fully saturated rings. The Kier molecular flexibility index (Phi) is 5.89. The van der Waals surface area contributed by atoms with Gasteiger partial charge in [-0.15, -0.1) is 0 Å². The van der Waals surface area contributed by atoms with Crippen molar-refractivity contribution in [1.82, 2.24) is 23.2 Å². The van der Waals surface area contributed by atoms with Gasteiger partial charge in [0.1, 0.15) is 5.65 Å². The first kappa shape index (κ1) is 21.7. The molecule has 32 heavy (non-hydrogen) atoms. The fraction of sp³-hybridized carbons (Fsp3) is 0.333. The fourth-order valence-electron chi connectivity index (χ4n) is 3.83. The number of imidazole rings is 2. The first-order valence-corrected chi connectivity index (χ1v) is 13.1. The first-order valence-electron chi connectivity index (χ1n) is 10.3. The van der Waals surface area contributed by atoms with E-state index in [9.17, 15) is 8.42 Å². The molecule has 4 heterocycles. The molecule has 5 rings (SSSR count). The molecule has 0 spiro atoms. The number of aromatic nitrogens is 4. The molecule has 0 unspecified atom stereocenters. The minimum Gasteiger partial charge on any atom is -0.379 e. The van der Waals surface area contributed by atoms with Crippen LogP contribution in [0.5, 0.6) is 0 Å². The average molecular weight is 492 g/mol. The van der Waals surface area contributed by atoms with Crippen molar-refractivity contribution in [3.8, 4) is 0 Å². The Balaban J connectivity index is 1.42. The number of rotatable bonds is 6. The number of pyridine rings is 1. The van der Waals surface area contributed by atoms with Gasteiger partial charge in [0.2, 0.25) is 10.0 Å². The molecular weight excluding hydrogens is 470 g/mol. The highest BCUT2D eigenvalue weighted by molar-refractivity contribution is 7.98. The number of ether oxygens (including phenoxy) is 1. The summed E-state index contributed by atoms with van der Waals surface area (Å²) in [7, 11) is -3.56. The molecule has 8 nitrogen and oxygen atoms in total. The normalized spacial score (nSPS) is 15.7. The summed E-state index contributed by atoms with van der Waals surface area (Å²) in [6.07, 6.45) is 3.79. The van der Waals surface area contributed by atoms with Crippen molar-refractivity contribution in [2.45, 2.75) is 29.3 Å². The van der Waals surface area contributed by atoms with Crippen molar-refractivity contribution >= 4 is 50.1 Å². The van der Waals surface area contributed by atoms with Gasteiger partial charge in [-0.1, -0.05) is 23.4 Å². The van der Waals surface area contributed by atoms with Crippen LogP contribution in [0.25, 0.3) is 16.7 Å². The largest absolute Gasteiger partial charge is 0.379 e. The third-order valence-electron chi connectivity index (χ3n) is 5.42. The fourth-order valence-corrected chi connectivity index (χ4v) is 6.38. The number of halogens is 1. The van der Waals surface area contributed by atoms with Gasteiger partial charge in [0.05, 0.1) is 39.9 Å². The topological polar surface area (TPSA) is 81.7 Å². The van der Waals surface area contributed by atoms with Crippen molar-refractivity contribution in [2.24, 2.45) is 0 Å². The molecule has 0 bridgehead atoms. The number of hydrogen-bond donors (Lipinski definition) is 0. The second kappa shape index (κ2) is 8.68. The lowest BCUT2D eigenvalue weighted by molar-refractivity contribution is 0.0730. The van der Waals surface area contributed by atoms with E-state index >= 15 is 0 Å². The van der Waals surface area contributed by atoms with E-state index in [0.717, 1.165) is 28.6 Å². The maximum absolute atomic E-state index is 13.0. The van der Waals surface area contributed by atoms with Gasteiger partial charge in [-0.25, -0.2) is 18.4 Å². The minimum atomic E-state index is -3.56. The highest BCUT2D eigenvalue weighted by Crippen LogP contribution is 2.29. The summed E-state index contributed by atoms with van der Waals surface area (Å²) in [5, 5.41) is 1.49. The highest BCUT2D eigenvalue weighted by Gasteiger charge is 2.27. The molecule has 1 saturated heterocycles. The number of nitrogens with zero attached hydrogens (tertiary/aromatic N) is 5. The van der Waals surface area contributed by atoms with E-state index < -0.39 is 10.0 Å². The summed E-state index contributed by atoms with van der Waals surface area (Å²) in [6, 6.07) is 8.88. The van der Waals surface area contributed by atoms with Gasteiger partial charge in [0, 0.05) is 37.8 Å². The molecule has 168 valence electrons. The molecule has 1 aliphatic rings. The average Bonchev–Trinajstić information content (AvgIpc) is 3.37. The number of sulfonamides is 1. The molecule has 4 aromatic rings. The van der Waals surface area contributed by atoms with E-state index in [1.165, 1.54) is 4.31 Å². The van der Waals surface area contributed by atoms with Crippen LogP contribution in [0.4, 0.5) is 0 Å². The number of thioether (sulfide) groups is 1. The zero-order chi connectivity index (χ0) is 22.3. The summed E-state index contributed by atoms with van der Waals surface area (Å²) in [6.45, 7) is 4.36. The predicted molar refractivity (Wildman–Crippen MR) is 125 cm³/mol. The summed E-state index contributed by atoms with van der Waals surface area (Å²) in [5.41, 5.74) is 3.35. The van der Waals surface area contributed by atoms with Crippen molar-refractivity contribution in [2.75, 3.05) is 26.3 Å². The molecule has 1 aliphatic heterocycles. The van der Waals surface area contributed by atoms with Crippen LogP contribution in [0.1, 0.15) is 12.6 Å². The molecule has 1 aromatic carbocycles. The smallest absolute Gasteiger partial charge is 0.243 e. The summed E-state index contributed by atoms with van der Waals surface area (Å²) in [4.78, 5) is 9.64. The Labute approximate surface area is 195 Å². The van der Waals surface area contributed by atoms with Gasteiger partial charge in [-0.05, 0) is 37.3 Å². The Hall–Kier alpha value is -2.11.